The Morgan fingerprint density at radius 2 is 2.32 bits per heavy atom. The van der Waals surface area contributed by atoms with E-state index in [9.17, 15) is 0 Å². The number of morpholine rings is 1. The van der Waals surface area contributed by atoms with Gasteiger partial charge in [0.1, 0.15) is 5.82 Å². The van der Waals surface area contributed by atoms with E-state index in [0.717, 1.165) is 44.2 Å². The van der Waals surface area contributed by atoms with Crippen molar-refractivity contribution < 1.29 is 4.74 Å². The number of hydrogen-bond donors (Lipinski definition) is 1. The normalized spacial score (nSPS) is 20.0. The summed E-state index contributed by atoms with van der Waals surface area (Å²) in [5, 5.41) is 3.41. The van der Waals surface area contributed by atoms with Crippen molar-refractivity contribution >= 4 is 5.82 Å². The number of nitrogens with one attached hydrogen (secondary N) is 1. The van der Waals surface area contributed by atoms with Gasteiger partial charge in [-0.1, -0.05) is 26.8 Å². The Kier molecular flexibility index (Phi) is 5.16. The van der Waals surface area contributed by atoms with Crippen LogP contribution in [-0.4, -0.2) is 36.8 Å². The third-order valence-electron chi connectivity index (χ3n) is 3.40. The number of anilines is 1. The molecule has 1 aliphatic heterocycles. The molecule has 2 rings (SSSR count). The maximum atomic E-state index is 5.71. The third kappa shape index (κ3) is 4.18. The van der Waals surface area contributed by atoms with Gasteiger partial charge in [-0.05, 0) is 18.6 Å². The summed E-state index contributed by atoms with van der Waals surface area (Å²) < 4.78 is 5.71. The summed E-state index contributed by atoms with van der Waals surface area (Å²) in [7, 11) is 0. The first-order valence-corrected chi connectivity index (χ1v) is 7.25. The monoisotopic (exact) mass is 263 g/mol. The standard InChI is InChI=1S/C15H25N3O/c1-4-14-11-18(8-9-19-14)15-7-5-6-13(17-15)10-16-12(2)3/h5-7,12,14,16H,4,8-11H2,1-3H3. The minimum Gasteiger partial charge on any atom is -0.375 e. The van der Waals surface area contributed by atoms with E-state index in [1.807, 2.05) is 0 Å². The third-order valence-corrected chi connectivity index (χ3v) is 3.40. The zero-order valence-electron chi connectivity index (χ0n) is 12.2. The highest BCUT2D eigenvalue weighted by atomic mass is 16.5. The molecule has 1 aromatic heterocycles. The molecule has 0 amide bonds. The lowest BCUT2D eigenvalue weighted by Crippen LogP contribution is -2.42. The van der Waals surface area contributed by atoms with Gasteiger partial charge in [-0.15, -0.1) is 0 Å². The molecule has 0 spiro atoms. The van der Waals surface area contributed by atoms with Gasteiger partial charge in [-0.2, -0.15) is 0 Å². The Morgan fingerprint density at radius 3 is 3.05 bits per heavy atom. The maximum Gasteiger partial charge on any atom is 0.129 e. The first-order chi connectivity index (χ1) is 9.19. The van der Waals surface area contributed by atoms with Crippen LogP contribution in [0.3, 0.4) is 0 Å². The van der Waals surface area contributed by atoms with Crippen molar-refractivity contribution in [1.82, 2.24) is 10.3 Å². The minimum absolute atomic E-state index is 0.341. The van der Waals surface area contributed by atoms with E-state index >= 15 is 0 Å². The summed E-state index contributed by atoms with van der Waals surface area (Å²) >= 11 is 0. The van der Waals surface area contributed by atoms with Gasteiger partial charge in [0, 0.05) is 25.7 Å². The first kappa shape index (κ1) is 14.3. The molecule has 1 atom stereocenters. The SMILES string of the molecule is CCC1CN(c2cccc(CNC(C)C)n2)CCO1. The second-order valence-electron chi connectivity index (χ2n) is 5.37. The maximum absolute atomic E-state index is 5.71. The van der Waals surface area contributed by atoms with Gasteiger partial charge < -0.3 is 15.0 Å². The highest BCUT2D eigenvalue weighted by molar-refractivity contribution is 5.39. The quantitative estimate of drug-likeness (QED) is 0.883. The smallest absolute Gasteiger partial charge is 0.129 e. The molecule has 1 aliphatic rings. The second-order valence-corrected chi connectivity index (χ2v) is 5.37. The molecule has 0 radical (unpaired) electrons. The Hall–Kier alpha value is -1.13. The average molecular weight is 263 g/mol. The molecule has 4 heteroatoms. The molecule has 1 saturated heterocycles. The fraction of sp³-hybridized carbons (Fsp3) is 0.667. The predicted molar refractivity (Wildman–Crippen MR) is 78.5 cm³/mol. The summed E-state index contributed by atoms with van der Waals surface area (Å²) in [6, 6.07) is 6.75. The van der Waals surface area contributed by atoms with E-state index in [1.54, 1.807) is 0 Å². The van der Waals surface area contributed by atoms with E-state index in [1.165, 1.54) is 0 Å². The van der Waals surface area contributed by atoms with Gasteiger partial charge >= 0.3 is 0 Å². The van der Waals surface area contributed by atoms with Crippen molar-refractivity contribution in [2.45, 2.75) is 45.9 Å². The van der Waals surface area contributed by atoms with E-state index in [2.05, 4.69) is 49.2 Å². The summed E-state index contributed by atoms with van der Waals surface area (Å²) in [4.78, 5) is 7.07. The van der Waals surface area contributed by atoms with Crippen molar-refractivity contribution in [2.24, 2.45) is 0 Å². The van der Waals surface area contributed by atoms with Crippen molar-refractivity contribution in [1.29, 1.82) is 0 Å². The number of rotatable bonds is 5. The molecule has 0 saturated carbocycles. The zero-order chi connectivity index (χ0) is 13.7. The average Bonchev–Trinajstić information content (AvgIpc) is 2.45. The van der Waals surface area contributed by atoms with Crippen LogP contribution < -0.4 is 10.2 Å². The Balaban J connectivity index is 2.01. The van der Waals surface area contributed by atoms with E-state index in [4.69, 9.17) is 9.72 Å². The number of pyridine rings is 1. The van der Waals surface area contributed by atoms with Crippen molar-refractivity contribution in [3.63, 3.8) is 0 Å². The zero-order valence-corrected chi connectivity index (χ0v) is 12.2. The molecular formula is C15H25N3O. The molecule has 2 heterocycles. The van der Waals surface area contributed by atoms with Crippen LogP contribution in [0.1, 0.15) is 32.9 Å². The van der Waals surface area contributed by atoms with E-state index in [0.29, 0.717) is 12.1 Å². The van der Waals surface area contributed by atoms with Crippen molar-refractivity contribution in [3.8, 4) is 0 Å². The van der Waals surface area contributed by atoms with Gasteiger partial charge in [-0.3, -0.25) is 0 Å². The summed E-state index contributed by atoms with van der Waals surface area (Å²) in [5.74, 6) is 1.07. The van der Waals surface area contributed by atoms with Crippen LogP contribution in [0.15, 0.2) is 18.2 Å². The molecule has 0 aromatic carbocycles. The molecule has 1 N–H and O–H groups in total. The van der Waals surface area contributed by atoms with Gasteiger partial charge in [0.05, 0.1) is 18.4 Å². The van der Waals surface area contributed by atoms with Crippen LogP contribution in [0.5, 0.6) is 0 Å². The van der Waals surface area contributed by atoms with Gasteiger partial charge in [0.15, 0.2) is 0 Å². The van der Waals surface area contributed by atoms with Crippen LogP contribution in [0.2, 0.25) is 0 Å². The summed E-state index contributed by atoms with van der Waals surface area (Å²) in [5.41, 5.74) is 1.10. The van der Waals surface area contributed by atoms with Crippen LogP contribution in [0.25, 0.3) is 0 Å². The Labute approximate surface area is 116 Å². The number of ether oxygens (including phenoxy) is 1. The van der Waals surface area contributed by atoms with Crippen molar-refractivity contribution in [2.75, 3.05) is 24.6 Å². The molecular weight excluding hydrogens is 238 g/mol. The molecule has 106 valence electrons. The van der Waals surface area contributed by atoms with E-state index in [-0.39, 0.29) is 0 Å². The molecule has 19 heavy (non-hydrogen) atoms. The minimum atomic E-state index is 0.341. The lowest BCUT2D eigenvalue weighted by Gasteiger charge is -2.33. The molecule has 0 aliphatic carbocycles. The lowest BCUT2D eigenvalue weighted by atomic mass is 10.2. The predicted octanol–water partition coefficient (Wildman–Crippen LogP) is 2.19. The molecule has 4 nitrogen and oxygen atoms in total. The highest BCUT2D eigenvalue weighted by Crippen LogP contribution is 2.17. The molecule has 1 unspecified atom stereocenters. The van der Waals surface area contributed by atoms with Crippen LogP contribution in [0, 0.1) is 0 Å². The molecule has 0 bridgehead atoms. The second kappa shape index (κ2) is 6.87. The highest BCUT2D eigenvalue weighted by Gasteiger charge is 2.19. The topological polar surface area (TPSA) is 37.4 Å². The van der Waals surface area contributed by atoms with Gasteiger partial charge in [0.2, 0.25) is 0 Å². The Bertz CT molecular complexity index is 395. The van der Waals surface area contributed by atoms with Crippen LogP contribution in [-0.2, 0) is 11.3 Å². The first-order valence-electron chi connectivity index (χ1n) is 7.25. The fourth-order valence-corrected chi connectivity index (χ4v) is 2.22. The number of aromatic nitrogens is 1. The number of nitrogens with zero attached hydrogens (tertiary/aromatic N) is 2. The van der Waals surface area contributed by atoms with Crippen LogP contribution in [0.4, 0.5) is 5.82 Å². The number of hydrogen-bond acceptors (Lipinski definition) is 4. The molecule has 1 aromatic rings. The Morgan fingerprint density at radius 1 is 1.47 bits per heavy atom. The fourth-order valence-electron chi connectivity index (χ4n) is 2.22. The lowest BCUT2D eigenvalue weighted by molar-refractivity contribution is 0.0381. The summed E-state index contributed by atoms with van der Waals surface area (Å²) in [6.45, 7) is 9.98. The largest absolute Gasteiger partial charge is 0.375 e. The van der Waals surface area contributed by atoms with Crippen LogP contribution >= 0.6 is 0 Å². The van der Waals surface area contributed by atoms with Gasteiger partial charge in [-0.25, -0.2) is 4.98 Å². The van der Waals surface area contributed by atoms with Crippen molar-refractivity contribution in [3.05, 3.63) is 23.9 Å². The van der Waals surface area contributed by atoms with E-state index < -0.39 is 0 Å². The van der Waals surface area contributed by atoms with Gasteiger partial charge in [0.25, 0.3) is 0 Å². The summed E-state index contributed by atoms with van der Waals surface area (Å²) in [6.07, 6.45) is 1.40. The molecule has 1 fully saturated rings.